The van der Waals surface area contributed by atoms with Crippen molar-refractivity contribution >= 4 is 34.4 Å². The molecule has 4 rings (SSSR count). The van der Waals surface area contributed by atoms with Gasteiger partial charge in [-0.15, -0.1) is 0 Å². The number of benzene rings is 1. The number of H-pyrrole nitrogens is 1. The van der Waals surface area contributed by atoms with Crippen LogP contribution < -0.4 is 16.0 Å². The second-order valence-corrected chi connectivity index (χ2v) is 11.8. The van der Waals surface area contributed by atoms with Crippen molar-refractivity contribution < 1.29 is 19.2 Å². The Morgan fingerprint density at radius 3 is 2.63 bits per heavy atom. The van der Waals surface area contributed by atoms with Gasteiger partial charge in [-0.3, -0.25) is 19.2 Å². The fourth-order valence-electron chi connectivity index (χ4n) is 6.12. The lowest BCUT2D eigenvalue weighted by molar-refractivity contribution is -0.142. The highest BCUT2D eigenvalue weighted by atomic mass is 16.2. The SMILES string of the molecule is CCC(=O)CCCCC[C@H]1NC(=O)[C@H]2CCCN2C(=O)[C@H](C(C)CC)NC[C@H](Cc2c[nH]c3ccccc23)NC1=O. The first-order valence-corrected chi connectivity index (χ1v) is 15.5. The first-order valence-electron chi connectivity index (χ1n) is 15.5. The van der Waals surface area contributed by atoms with Gasteiger partial charge in [-0.25, -0.2) is 0 Å². The number of nitrogens with one attached hydrogen (secondary N) is 4. The average molecular weight is 566 g/mol. The van der Waals surface area contributed by atoms with Crippen molar-refractivity contribution in [3.8, 4) is 0 Å². The quantitative estimate of drug-likeness (QED) is 0.310. The molecule has 1 unspecified atom stereocenters. The van der Waals surface area contributed by atoms with Gasteiger partial charge in [0.2, 0.25) is 17.7 Å². The van der Waals surface area contributed by atoms with Crippen LogP contribution in [0, 0.1) is 5.92 Å². The largest absolute Gasteiger partial charge is 0.361 e. The van der Waals surface area contributed by atoms with Crippen LogP contribution in [0.4, 0.5) is 0 Å². The number of nitrogens with zero attached hydrogens (tertiary/aromatic N) is 1. The summed E-state index contributed by atoms with van der Waals surface area (Å²) in [4.78, 5) is 57.8. The molecule has 4 N–H and O–H groups in total. The minimum absolute atomic E-state index is 0.0353. The Balaban J connectivity index is 1.57. The fourth-order valence-corrected chi connectivity index (χ4v) is 6.12. The number of Topliss-reactive ketones (excluding diaryl/α,β-unsaturated/α-hetero) is 1. The number of aromatic nitrogens is 1. The van der Waals surface area contributed by atoms with Gasteiger partial charge >= 0.3 is 0 Å². The van der Waals surface area contributed by atoms with Gasteiger partial charge in [0.25, 0.3) is 0 Å². The summed E-state index contributed by atoms with van der Waals surface area (Å²) in [5, 5.41) is 10.8. The maximum atomic E-state index is 13.8. The van der Waals surface area contributed by atoms with Crippen molar-refractivity contribution in [2.75, 3.05) is 13.1 Å². The van der Waals surface area contributed by atoms with Crippen LogP contribution in [0.25, 0.3) is 10.9 Å². The molecule has 0 aliphatic carbocycles. The van der Waals surface area contributed by atoms with Crippen molar-refractivity contribution in [2.24, 2.45) is 5.92 Å². The highest BCUT2D eigenvalue weighted by molar-refractivity contribution is 5.94. The number of hydrogen-bond donors (Lipinski definition) is 4. The second-order valence-electron chi connectivity index (χ2n) is 11.8. The molecule has 1 aromatic heterocycles. The van der Waals surface area contributed by atoms with Gasteiger partial charge in [0, 0.05) is 49.1 Å². The number of para-hydroxylation sites is 1. The van der Waals surface area contributed by atoms with Gasteiger partial charge in [-0.2, -0.15) is 0 Å². The van der Waals surface area contributed by atoms with Crippen LogP contribution in [0.3, 0.4) is 0 Å². The molecule has 2 saturated heterocycles. The van der Waals surface area contributed by atoms with Crippen LogP contribution in [-0.4, -0.2) is 70.6 Å². The van der Waals surface area contributed by atoms with E-state index in [1.54, 1.807) is 4.90 Å². The standard InChI is InChI=1S/C32H47N5O4/c1-4-21(3)29-32(41)37-17-11-16-28(37)31(40)36-27(15-8-6-7-12-24(38)5-2)30(39)35-23(20-34-29)18-22-19-33-26-14-10-9-13-25(22)26/h9-10,13-14,19,21,23,27-29,33-34H,4-8,11-12,15-18,20H2,1-3H3,(H,35,39)(H,36,40)/t21?,23-,27+,28+,29-/m0/s1. The zero-order valence-electron chi connectivity index (χ0n) is 24.8. The van der Waals surface area contributed by atoms with E-state index < -0.39 is 18.1 Å². The van der Waals surface area contributed by atoms with Gasteiger partial charge in [0.15, 0.2) is 0 Å². The summed E-state index contributed by atoms with van der Waals surface area (Å²) < 4.78 is 0. The first-order chi connectivity index (χ1) is 19.8. The van der Waals surface area contributed by atoms with Crippen LogP contribution in [-0.2, 0) is 25.6 Å². The van der Waals surface area contributed by atoms with Crippen LogP contribution in [0.1, 0.15) is 84.1 Å². The zero-order chi connectivity index (χ0) is 29.4. The molecule has 41 heavy (non-hydrogen) atoms. The maximum absolute atomic E-state index is 13.8. The molecular formula is C32H47N5O4. The molecule has 5 atom stereocenters. The van der Waals surface area contributed by atoms with E-state index >= 15 is 0 Å². The van der Waals surface area contributed by atoms with E-state index in [0.29, 0.717) is 45.2 Å². The number of ketones is 1. The van der Waals surface area contributed by atoms with E-state index in [1.807, 2.05) is 31.3 Å². The van der Waals surface area contributed by atoms with Crippen molar-refractivity contribution in [1.82, 2.24) is 25.8 Å². The predicted molar refractivity (Wildman–Crippen MR) is 160 cm³/mol. The summed E-state index contributed by atoms with van der Waals surface area (Å²) in [7, 11) is 0. The molecular weight excluding hydrogens is 518 g/mol. The number of rotatable bonds is 11. The lowest BCUT2D eigenvalue weighted by atomic mass is 9.96. The maximum Gasteiger partial charge on any atom is 0.243 e. The first kappa shape index (κ1) is 30.8. The summed E-state index contributed by atoms with van der Waals surface area (Å²) in [5.74, 6) is -0.172. The number of aromatic amines is 1. The highest BCUT2D eigenvalue weighted by Gasteiger charge is 2.40. The Hall–Kier alpha value is -3.20. The number of hydrogen-bond acceptors (Lipinski definition) is 5. The normalized spacial score (nSPS) is 24.8. The van der Waals surface area contributed by atoms with E-state index in [2.05, 4.69) is 40.8 Å². The molecule has 3 heterocycles. The molecule has 9 nitrogen and oxygen atoms in total. The van der Waals surface area contributed by atoms with Crippen molar-refractivity contribution in [3.05, 3.63) is 36.0 Å². The number of carbonyl (C=O) groups excluding carboxylic acids is 4. The van der Waals surface area contributed by atoms with Crippen LogP contribution >= 0.6 is 0 Å². The van der Waals surface area contributed by atoms with Crippen LogP contribution in [0.15, 0.2) is 30.5 Å². The topological polar surface area (TPSA) is 123 Å². The Morgan fingerprint density at radius 1 is 1.05 bits per heavy atom. The van der Waals surface area contributed by atoms with E-state index in [1.165, 1.54) is 0 Å². The van der Waals surface area contributed by atoms with Crippen molar-refractivity contribution in [2.45, 2.75) is 109 Å². The lowest BCUT2D eigenvalue weighted by Crippen LogP contribution is -2.60. The van der Waals surface area contributed by atoms with Gasteiger partial charge in [-0.05, 0) is 49.7 Å². The molecule has 2 aromatic rings. The van der Waals surface area contributed by atoms with E-state index in [4.69, 9.17) is 0 Å². The third kappa shape index (κ3) is 7.76. The molecule has 0 spiro atoms. The Labute approximate surface area is 243 Å². The molecule has 9 heteroatoms. The summed E-state index contributed by atoms with van der Waals surface area (Å²) >= 11 is 0. The monoisotopic (exact) mass is 565 g/mol. The smallest absolute Gasteiger partial charge is 0.243 e. The van der Waals surface area contributed by atoms with Gasteiger partial charge in [0.05, 0.1) is 6.04 Å². The van der Waals surface area contributed by atoms with E-state index in [0.717, 1.165) is 48.6 Å². The predicted octanol–water partition coefficient (Wildman–Crippen LogP) is 3.62. The third-order valence-corrected chi connectivity index (χ3v) is 8.87. The number of fused-ring (bicyclic) bond motifs is 2. The molecule has 224 valence electrons. The lowest BCUT2D eigenvalue weighted by Gasteiger charge is -2.34. The minimum Gasteiger partial charge on any atom is -0.361 e. The molecule has 2 aliphatic heterocycles. The van der Waals surface area contributed by atoms with Gasteiger partial charge in [0.1, 0.15) is 17.9 Å². The molecule has 3 amide bonds. The Bertz CT molecular complexity index is 1210. The number of unbranched alkanes of at least 4 members (excludes halogenated alkanes) is 2. The fraction of sp³-hybridized carbons (Fsp3) is 0.625. The van der Waals surface area contributed by atoms with Gasteiger partial charge in [-0.1, -0.05) is 58.2 Å². The third-order valence-electron chi connectivity index (χ3n) is 8.87. The molecule has 0 radical (unpaired) electrons. The van der Waals surface area contributed by atoms with E-state index in [-0.39, 0.29) is 35.5 Å². The number of amides is 3. The zero-order valence-corrected chi connectivity index (χ0v) is 24.8. The van der Waals surface area contributed by atoms with Crippen LogP contribution in [0.5, 0.6) is 0 Å². The van der Waals surface area contributed by atoms with Crippen LogP contribution in [0.2, 0.25) is 0 Å². The minimum atomic E-state index is -0.697. The van der Waals surface area contributed by atoms with E-state index in [9.17, 15) is 19.2 Å². The molecule has 2 aliphatic rings. The molecule has 0 bridgehead atoms. The molecule has 1 aromatic carbocycles. The second kappa shape index (κ2) is 14.6. The Kier molecular flexibility index (Phi) is 11.0. The van der Waals surface area contributed by atoms with Gasteiger partial charge < -0.3 is 25.8 Å². The highest BCUT2D eigenvalue weighted by Crippen LogP contribution is 2.23. The molecule has 0 saturated carbocycles. The molecule has 2 fully saturated rings. The van der Waals surface area contributed by atoms with Crippen molar-refractivity contribution in [3.63, 3.8) is 0 Å². The average Bonchev–Trinajstić information content (AvgIpc) is 3.63. The number of carbonyl (C=O) groups is 4. The Morgan fingerprint density at radius 2 is 1.85 bits per heavy atom. The van der Waals surface area contributed by atoms with Crippen molar-refractivity contribution in [1.29, 1.82) is 0 Å². The summed E-state index contributed by atoms with van der Waals surface area (Å²) in [6.45, 7) is 6.98. The summed E-state index contributed by atoms with van der Waals surface area (Å²) in [5.41, 5.74) is 2.13. The summed E-state index contributed by atoms with van der Waals surface area (Å²) in [6, 6.07) is 6.11. The summed E-state index contributed by atoms with van der Waals surface area (Å²) in [6.07, 6.45) is 8.65.